The number of aliphatic hydroxyl groups excluding tert-OH is 1. The molecule has 2 aliphatic carbocycles. The maximum absolute atomic E-state index is 11.4. The molecule has 3 N–H and O–H groups in total. The zero-order valence-electron chi connectivity index (χ0n) is 14.0. The van der Waals surface area contributed by atoms with Crippen molar-refractivity contribution >= 4 is 0 Å². The van der Waals surface area contributed by atoms with Crippen molar-refractivity contribution in [3.63, 3.8) is 0 Å². The van der Waals surface area contributed by atoms with Crippen molar-refractivity contribution in [1.82, 2.24) is 4.90 Å². The summed E-state index contributed by atoms with van der Waals surface area (Å²) in [5.74, 6) is -1.01. The van der Waals surface area contributed by atoms with Gasteiger partial charge in [-0.3, -0.25) is 4.90 Å². The van der Waals surface area contributed by atoms with Crippen LogP contribution in [0.1, 0.15) is 42.9 Å². The number of ether oxygens (including phenoxy) is 2. The van der Waals surface area contributed by atoms with Crippen LogP contribution in [0.5, 0.6) is 11.5 Å². The fourth-order valence-electron chi connectivity index (χ4n) is 6.28. The number of nitrogens with zero attached hydrogens (tertiary/aromatic N) is 1. The minimum atomic E-state index is -1.61. The van der Waals surface area contributed by atoms with Gasteiger partial charge in [0.2, 0.25) is 5.79 Å². The van der Waals surface area contributed by atoms with Crippen molar-refractivity contribution in [2.24, 2.45) is 0 Å². The van der Waals surface area contributed by atoms with E-state index < -0.39 is 22.8 Å². The third-order valence-corrected chi connectivity index (χ3v) is 7.23. The highest BCUT2D eigenvalue weighted by Crippen LogP contribution is 2.72. The lowest BCUT2D eigenvalue weighted by Crippen LogP contribution is -2.73. The molecule has 5 atom stereocenters. The van der Waals surface area contributed by atoms with E-state index in [0.29, 0.717) is 25.0 Å². The number of likely N-dealkylation sites (N-methyl/N-ethyl adjacent to an activating group) is 1. The van der Waals surface area contributed by atoms with Gasteiger partial charge in [-0.1, -0.05) is 6.07 Å². The second kappa shape index (κ2) is 4.25. The highest BCUT2D eigenvalue weighted by molar-refractivity contribution is 5.60. The normalized spacial score (nSPS) is 45.8. The number of phenolic OH excluding ortho intramolecular Hbond substituents is 1. The molecule has 6 nitrogen and oxygen atoms in total. The van der Waals surface area contributed by atoms with Gasteiger partial charge in [-0.25, -0.2) is 0 Å². The SMILES string of the molecule is COc1ccc2c(c1O)C13CC[C@@H](O)C4(O)OC2CC14N(C)CC3. The molecule has 0 aromatic heterocycles. The molecule has 1 aromatic carbocycles. The van der Waals surface area contributed by atoms with Crippen molar-refractivity contribution in [3.05, 3.63) is 23.3 Å². The number of hydrogen-bond donors (Lipinski definition) is 3. The maximum Gasteiger partial charge on any atom is 0.212 e. The van der Waals surface area contributed by atoms with Gasteiger partial charge in [0, 0.05) is 17.4 Å². The maximum atomic E-state index is 11.4. The summed E-state index contributed by atoms with van der Waals surface area (Å²) in [7, 11) is 3.53. The van der Waals surface area contributed by atoms with Crippen LogP contribution in [0.4, 0.5) is 0 Å². The molecule has 5 rings (SSSR count). The van der Waals surface area contributed by atoms with Crippen LogP contribution < -0.4 is 4.74 Å². The molecule has 0 amide bonds. The van der Waals surface area contributed by atoms with Gasteiger partial charge in [0.25, 0.3) is 0 Å². The quantitative estimate of drug-likeness (QED) is 0.712. The molecule has 0 radical (unpaired) electrons. The van der Waals surface area contributed by atoms with Crippen LogP contribution in [-0.4, -0.2) is 58.4 Å². The Morgan fingerprint density at radius 1 is 1.33 bits per heavy atom. The van der Waals surface area contributed by atoms with Crippen LogP contribution in [0.15, 0.2) is 12.1 Å². The Hall–Kier alpha value is -1.34. The Morgan fingerprint density at radius 2 is 2.12 bits per heavy atom. The summed E-state index contributed by atoms with van der Waals surface area (Å²) in [4.78, 5) is 2.14. The third-order valence-electron chi connectivity index (χ3n) is 7.23. The van der Waals surface area contributed by atoms with E-state index in [0.717, 1.165) is 24.1 Å². The van der Waals surface area contributed by atoms with Gasteiger partial charge in [0.05, 0.1) is 18.8 Å². The standard InChI is InChI=1S/C18H23NO5/c1-19-8-7-16-6-5-13(20)18(22)17(16,19)9-12(24-18)10-3-4-11(23-2)15(21)14(10)16/h3-4,12-13,20-22H,5-9H2,1-2H3/t12?,13-,16?,17?,18?/m1/s1. The molecule has 2 heterocycles. The molecule has 130 valence electrons. The summed E-state index contributed by atoms with van der Waals surface area (Å²) < 4.78 is 11.4. The summed E-state index contributed by atoms with van der Waals surface area (Å²) in [6.45, 7) is 0.793. The van der Waals surface area contributed by atoms with Crippen LogP contribution in [-0.2, 0) is 10.2 Å². The van der Waals surface area contributed by atoms with E-state index in [1.165, 1.54) is 0 Å². The predicted octanol–water partition coefficient (Wildman–Crippen LogP) is 1.03. The van der Waals surface area contributed by atoms with E-state index in [9.17, 15) is 15.3 Å². The van der Waals surface area contributed by atoms with E-state index >= 15 is 0 Å². The van der Waals surface area contributed by atoms with Gasteiger partial charge in [0.1, 0.15) is 6.10 Å². The van der Waals surface area contributed by atoms with E-state index in [-0.39, 0.29) is 11.9 Å². The first-order chi connectivity index (χ1) is 11.4. The molecule has 1 spiro atoms. The Labute approximate surface area is 140 Å². The van der Waals surface area contributed by atoms with Crippen LogP contribution in [0.3, 0.4) is 0 Å². The number of aromatic hydroxyl groups is 1. The van der Waals surface area contributed by atoms with E-state index in [1.54, 1.807) is 13.2 Å². The Balaban J connectivity index is 1.87. The molecule has 2 saturated heterocycles. The largest absolute Gasteiger partial charge is 0.504 e. The highest BCUT2D eigenvalue weighted by atomic mass is 16.7. The van der Waals surface area contributed by atoms with Gasteiger partial charge in [-0.05, 0) is 44.5 Å². The van der Waals surface area contributed by atoms with Crippen molar-refractivity contribution in [3.8, 4) is 11.5 Å². The zero-order chi connectivity index (χ0) is 16.9. The molecule has 1 aromatic rings. The van der Waals surface area contributed by atoms with E-state index in [4.69, 9.17) is 9.47 Å². The third kappa shape index (κ3) is 1.26. The first-order valence-electron chi connectivity index (χ1n) is 8.61. The van der Waals surface area contributed by atoms with Crippen LogP contribution in [0.25, 0.3) is 0 Å². The van der Waals surface area contributed by atoms with Crippen molar-refractivity contribution in [2.45, 2.75) is 54.6 Å². The molecule has 1 saturated carbocycles. The van der Waals surface area contributed by atoms with Crippen LogP contribution in [0, 0.1) is 0 Å². The predicted molar refractivity (Wildman–Crippen MR) is 84.9 cm³/mol. The Kier molecular flexibility index (Phi) is 2.65. The molecule has 3 fully saturated rings. The van der Waals surface area contributed by atoms with Gasteiger partial charge in [-0.2, -0.15) is 0 Å². The smallest absolute Gasteiger partial charge is 0.212 e. The second-order valence-corrected chi connectivity index (χ2v) is 7.76. The van der Waals surface area contributed by atoms with Crippen LogP contribution in [0.2, 0.25) is 0 Å². The lowest BCUT2D eigenvalue weighted by molar-refractivity contribution is -0.305. The van der Waals surface area contributed by atoms with Crippen LogP contribution >= 0.6 is 0 Å². The molecule has 2 bridgehead atoms. The fourth-order valence-corrected chi connectivity index (χ4v) is 6.28. The van der Waals surface area contributed by atoms with Gasteiger partial charge < -0.3 is 24.8 Å². The first kappa shape index (κ1) is 15.0. The van der Waals surface area contributed by atoms with Crippen molar-refractivity contribution in [2.75, 3.05) is 20.7 Å². The summed E-state index contributed by atoms with van der Waals surface area (Å²) in [5.41, 5.74) is 0.630. The topological polar surface area (TPSA) is 82.4 Å². The lowest BCUT2D eigenvalue weighted by Gasteiger charge is -2.58. The number of rotatable bonds is 1. The molecule has 4 unspecified atom stereocenters. The Bertz CT molecular complexity index is 738. The summed E-state index contributed by atoms with van der Waals surface area (Å²) in [5, 5.41) is 33.0. The number of fused-ring (bicyclic) bond motifs is 3. The van der Waals surface area contributed by atoms with E-state index in [1.807, 2.05) is 13.1 Å². The number of aliphatic hydroxyl groups is 2. The number of methoxy groups -OCH3 is 1. The van der Waals surface area contributed by atoms with Crippen molar-refractivity contribution < 1.29 is 24.8 Å². The number of benzene rings is 1. The van der Waals surface area contributed by atoms with Gasteiger partial charge in [-0.15, -0.1) is 0 Å². The molecule has 6 heteroatoms. The van der Waals surface area contributed by atoms with E-state index in [2.05, 4.69) is 4.90 Å². The lowest BCUT2D eigenvalue weighted by atomic mass is 9.51. The van der Waals surface area contributed by atoms with Gasteiger partial charge in [0.15, 0.2) is 11.5 Å². The Morgan fingerprint density at radius 3 is 2.88 bits per heavy atom. The highest BCUT2D eigenvalue weighted by Gasteiger charge is 2.80. The average Bonchev–Trinajstić information content (AvgIpc) is 3.04. The molecule has 2 aliphatic heterocycles. The monoisotopic (exact) mass is 333 g/mol. The molecular formula is C18H23NO5. The average molecular weight is 333 g/mol. The summed E-state index contributed by atoms with van der Waals surface area (Å²) >= 11 is 0. The minimum absolute atomic E-state index is 0.156. The number of hydrogen-bond acceptors (Lipinski definition) is 6. The number of likely N-dealkylation sites (tertiary alicyclic amines) is 1. The molecule has 24 heavy (non-hydrogen) atoms. The van der Waals surface area contributed by atoms with Gasteiger partial charge >= 0.3 is 0 Å². The van der Waals surface area contributed by atoms with Crippen molar-refractivity contribution in [1.29, 1.82) is 0 Å². The minimum Gasteiger partial charge on any atom is -0.504 e. The fraction of sp³-hybridized carbons (Fsp3) is 0.667. The second-order valence-electron chi connectivity index (χ2n) is 7.76. The summed E-state index contributed by atoms with van der Waals surface area (Å²) in [6.07, 6.45) is 1.37. The summed E-state index contributed by atoms with van der Waals surface area (Å²) in [6, 6.07) is 3.69. The first-order valence-corrected chi connectivity index (χ1v) is 8.61. The number of phenols is 1. The molecular weight excluding hydrogens is 310 g/mol. The zero-order valence-corrected chi connectivity index (χ0v) is 14.0. The molecule has 4 aliphatic rings.